The van der Waals surface area contributed by atoms with Gasteiger partial charge in [-0.3, -0.25) is 9.59 Å². The summed E-state index contributed by atoms with van der Waals surface area (Å²) in [5.74, 6) is -2.65. The Morgan fingerprint density at radius 3 is 1.71 bits per heavy atom. The molecule has 0 atom stereocenters. The summed E-state index contributed by atoms with van der Waals surface area (Å²) in [6, 6.07) is 3.19. The van der Waals surface area contributed by atoms with Crippen LogP contribution < -0.4 is 0 Å². The molecule has 2 aromatic heterocycles. The van der Waals surface area contributed by atoms with Crippen molar-refractivity contribution in [3.05, 3.63) is 44.4 Å². The average Bonchev–Trinajstić information content (AvgIpc) is 2.62. The van der Waals surface area contributed by atoms with Crippen LogP contribution in [0.1, 0.15) is 36.6 Å². The Kier molecular flexibility index (Phi) is 10.1. The van der Waals surface area contributed by atoms with Crippen molar-refractivity contribution in [1.82, 2.24) is 20.4 Å². The third kappa shape index (κ3) is 7.18. The molecule has 0 fully saturated rings. The number of hydrogen-bond donors (Lipinski definition) is 0. The molecule has 0 aliphatic carbocycles. The van der Waals surface area contributed by atoms with Crippen LogP contribution in [0.5, 0.6) is 0 Å². The minimum Gasteiger partial charge on any atom is -0.465 e. The summed E-state index contributed by atoms with van der Waals surface area (Å²) in [6.07, 6.45) is 0. The zero-order valence-corrected chi connectivity index (χ0v) is 18.0. The summed E-state index contributed by atoms with van der Waals surface area (Å²) in [4.78, 5) is 23.7. The van der Waals surface area contributed by atoms with Gasteiger partial charge in [0.1, 0.15) is 0 Å². The first-order valence-corrected chi connectivity index (χ1v) is 9.32. The van der Waals surface area contributed by atoms with Crippen LogP contribution in [0.2, 0.25) is 15.5 Å². The third-order valence-electron chi connectivity index (χ3n) is 3.21. The van der Waals surface area contributed by atoms with E-state index in [1.165, 1.54) is 6.07 Å². The highest BCUT2D eigenvalue weighted by atomic mass is 35.5. The number of esters is 2. The number of nitrogens with zero attached hydrogens (tertiary/aromatic N) is 4. The van der Waals surface area contributed by atoms with Gasteiger partial charge in [-0.1, -0.05) is 34.8 Å². The predicted octanol–water partition coefficient (Wildman–Crippen LogP) is 3.74. The van der Waals surface area contributed by atoms with Gasteiger partial charge in [0.25, 0.3) is 0 Å². The Balaban J connectivity index is 0.000000362. The van der Waals surface area contributed by atoms with E-state index in [0.29, 0.717) is 15.9 Å². The topological polar surface area (TPSA) is 104 Å². The fourth-order valence-electron chi connectivity index (χ4n) is 1.96. The molecule has 0 saturated heterocycles. The SMILES string of the molecule is CCOC(=O)C(C(=O)OCC)c1nnc(Cl)cc1C.Cc1cc(Cl)nnc1Cl. The molecule has 0 N–H and O–H groups in total. The lowest BCUT2D eigenvalue weighted by molar-refractivity contribution is -0.157. The van der Waals surface area contributed by atoms with Crippen molar-refractivity contribution in [2.45, 2.75) is 33.6 Å². The second-order valence-electron chi connectivity index (χ2n) is 5.31. The summed E-state index contributed by atoms with van der Waals surface area (Å²) in [5.41, 5.74) is 1.61. The van der Waals surface area contributed by atoms with Crippen LogP contribution in [0.4, 0.5) is 0 Å². The number of ether oxygens (including phenoxy) is 2. The Labute approximate surface area is 177 Å². The van der Waals surface area contributed by atoms with Gasteiger partial charge in [-0.25, -0.2) is 0 Å². The fraction of sp³-hybridized carbons (Fsp3) is 0.412. The van der Waals surface area contributed by atoms with Crippen molar-refractivity contribution in [2.75, 3.05) is 13.2 Å². The van der Waals surface area contributed by atoms with Crippen molar-refractivity contribution in [3.8, 4) is 0 Å². The van der Waals surface area contributed by atoms with E-state index < -0.39 is 17.9 Å². The van der Waals surface area contributed by atoms with E-state index in [1.807, 2.05) is 6.92 Å². The van der Waals surface area contributed by atoms with E-state index in [1.54, 1.807) is 26.8 Å². The molecule has 8 nitrogen and oxygen atoms in total. The molecule has 2 rings (SSSR count). The molecule has 0 aromatic carbocycles. The van der Waals surface area contributed by atoms with Crippen molar-refractivity contribution in [3.63, 3.8) is 0 Å². The average molecular weight is 450 g/mol. The molecule has 11 heteroatoms. The van der Waals surface area contributed by atoms with E-state index in [2.05, 4.69) is 20.4 Å². The van der Waals surface area contributed by atoms with Crippen molar-refractivity contribution in [2.24, 2.45) is 0 Å². The van der Waals surface area contributed by atoms with Gasteiger partial charge in [0.05, 0.1) is 18.9 Å². The lowest BCUT2D eigenvalue weighted by atomic mass is 10.0. The summed E-state index contributed by atoms with van der Waals surface area (Å²) >= 11 is 16.7. The van der Waals surface area contributed by atoms with E-state index in [9.17, 15) is 9.59 Å². The van der Waals surface area contributed by atoms with Crippen molar-refractivity contribution >= 4 is 46.7 Å². The van der Waals surface area contributed by atoms with Gasteiger partial charge >= 0.3 is 11.9 Å². The number of aryl methyl sites for hydroxylation is 2. The molecule has 0 saturated carbocycles. The van der Waals surface area contributed by atoms with E-state index in [-0.39, 0.29) is 24.1 Å². The molecule has 28 heavy (non-hydrogen) atoms. The van der Waals surface area contributed by atoms with Crippen LogP contribution >= 0.6 is 34.8 Å². The van der Waals surface area contributed by atoms with Gasteiger partial charge in [0.15, 0.2) is 21.4 Å². The molecule has 0 aliphatic rings. The Bertz CT molecular complexity index is 818. The molecule has 0 aliphatic heterocycles. The molecule has 0 bridgehead atoms. The van der Waals surface area contributed by atoms with E-state index in [0.717, 1.165) is 5.56 Å². The Morgan fingerprint density at radius 1 is 0.857 bits per heavy atom. The maximum Gasteiger partial charge on any atom is 0.326 e. The molecule has 0 amide bonds. The van der Waals surface area contributed by atoms with E-state index in [4.69, 9.17) is 44.3 Å². The Morgan fingerprint density at radius 2 is 1.32 bits per heavy atom. The Hall–Kier alpha value is -2.03. The molecule has 0 spiro atoms. The number of aromatic nitrogens is 4. The maximum absolute atomic E-state index is 11.9. The smallest absolute Gasteiger partial charge is 0.326 e. The molecular weight excluding hydrogens is 431 g/mol. The molecule has 0 radical (unpaired) electrons. The zero-order valence-electron chi connectivity index (χ0n) is 15.7. The van der Waals surface area contributed by atoms with Crippen molar-refractivity contribution < 1.29 is 19.1 Å². The quantitative estimate of drug-likeness (QED) is 0.502. The third-order valence-corrected chi connectivity index (χ3v) is 3.95. The number of halogens is 3. The maximum atomic E-state index is 11.9. The monoisotopic (exact) mass is 448 g/mol. The lowest BCUT2D eigenvalue weighted by Crippen LogP contribution is -2.28. The highest BCUT2D eigenvalue weighted by molar-refractivity contribution is 6.31. The standard InChI is InChI=1S/C12H15ClN2O4.C5H4Cl2N2/c1-4-18-11(16)9(12(17)19-5-2)10-7(3)6-8(13)14-15-10;1-3-2-4(6)8-9-5(3)7/h6,9H,4-5H2,1-3H3;2H,1H3. The molecule has 2 aromatic rings. The van der Waals surface area contributed by atoms with Crippen LogP contribution in [0.15, 0.2) is 12.1 Å². The van der Waals surface area contributed by atoms with Crippen LogP contribution in [0, 0.1) is 13.8 Å². The molecular formula is C17H19Cl3N4O4. The van der Waals surface area contributed by atoms with Crippen molar-refractivity contribution in [1.29, 1.82) is 0 Å². The second kappa shape index (κ2) is 11.7. The van der Waals surface area contributed by atoms with E-state index >= 15 is 0 Å². The normalized spacial score (nSPS) is 10.1. The predicted molar refractivity (Wildman–Crippen MR) is 105 cm³/mol. The highest BCUT2D eigenvalue weighted by Crippen LogP contribution is 2.22. The first-order chi connectivity index (χ1) is 13.2. The first-order valence-electron chi connectivity index (χ1n) is 8.19. The highest BCUT2D eigenvalue weighted by Gasteiger charge is 2.34. The van der Waals surface area contributed by atoms with Gasteiger partial charge in [0, 0.05) is 0 Å². The van der Waals surface area contributed by atoms with Gasteiger partial charge in [0.2, 0.25) is 0 Å². The number of carbonyl (C=O) groups excluding carboxylic acids is 2. The summed E-state index contributed by atoms with van der Waals surface area (Å²) in [7, 11) is 0. The lowest BCUT2D eigenvalue weighted by Gasteiger charge is -2.15. The molecule has 0 unspecified atom stereocenters. The number of carbonyl (C=O) groups is 2. The fourth-order valence-corrected chi connectivity index (χ4v) is 2.45. The van der Waals surface area contributed by atoms with Crippen LogP contribution in [-0.4, -0.2) is 45.5 Å². The van der Waals surface area contributed by atoms with Crippen LogP contribution in [0.25, 0.3) is 0 Å². The second-order valence-corrected chi connectivity index (χ2v) is 6.45. The summed E-state index contributed by atoms with van der Waals surface area (Å²) in [5, 5.41) is 15.5. The molecule has 152 valence electrons. The van der Waals surface area contributed by atoms with Gasteiger partial charge in [-0.05, 0) is 51.0 Å². The summed E-state index contributed by atoms with van der Waals surface area (Å²) in [6.45, 7) is 7.13. The number of hydrogen-bond acceptors (Lipinski definition) is 8. The first kappa shape index (κ1) is 24.0. The summed E-state index contributed by atoms with van der Waals surface area (Å²) < 4.78 is 9.74. The van der Waals surface area contributed by atoms with Gasteiger partial charge in [-0.15, -0.1) is 15.3 Å². The van der Waals surface area contributed by atoms with Crippen LogP contribution in [0.3, 0.4) is 0 Å². The van der Waals surface area contributed by atoms with Gasteiger partial charge < -0.3 is 9.47 Å². The number of rotatable bonds is 5. The largest absolute Gasteiger partial charge is 0.465 e. The molecule has 2 heterocycles. The zero-order chi connectivity index (χ0) is 21.3. The van der Waals surface area contributed by atoms with Crippen LogP contribution in [-0.2, 0) is 19.1 Å². The minimum atomic E-state index is -1.23. The van der Waals surface area contributed by atoms with Gasteiger partial charge in [-0.2, -0.15) is 5.10 Å². The minimum absolute atomic E-state index is 0.162.